The van der Waals surface area contributed by atoms with Crippen LogP contribution in [0.2, 0.25) is 0 Å². The number of piperidine rings is 1. The van der Waals surface area contributed by atoms with Crippen molar-refractivity contribution < 1.29 is 14.6 Å². The average Bonchev–Trinajstić information content (AvgIpc) is 2.44. The van der Waals surface area contributed by atoms with Gasteiger partial charge in [-0.3, -0.25) is 9.69 Å². The normalized spacial score (nSPS) is 18.8. The molecule has 1 aromatic carbocycles. The number of hydrogen-bond acceptors (Lipinski definition) is 3. The molecule has 1 aliphatic heterocycles. The van der Waals surface area contributed by atoms with Gasteiger partial charge in [0, 0.05) is 10.1 Å². The Hall–Kier alpha value is -0.530. The Morgan fingerprint density at radius 3 is 2.95 bits per heavy atom. The van der Waals surface area contributed by atoms with Gasteiger partial charge in [-0.05, 0) is 66.6 Å². The van der Waals surface area contributed by atoms with Crippen LogP contribution in [0.4, 0.5) is 0 Å². The summed E-state index contributed by atoms with van der Waals surface area (Å²) in [4.78, 5) is 13.3. The minimum Gasteiger partial charge on any atom is -0.494 e. The third-order valence-corrected chi connectivity index (χ3v) is 4.22. The van der Waals surface area contributed by atoms with Crippen molar-refractivity contribution >= 4 is 41.0 Å². The van der Waals surface area contributed by atoms with Gasteiger partial charge >= 0.3 is 5.97 Å². The molecule has 4 nitrogen and oxygen atoms in total. The number of nitrogens with zero attached hydrogens (tertiary/aromatic N) is 1. The SMILES string of the molecule is Cl.O=C(O)C1CCCCN1CCCOc1cccc(I)c1. The lowest BCUT2D eigenvalue weighted by Crippen LogP contribution is -2.45. The number of carboxylic acid groups (broad SMARTS) is 1. The van der Waals surface area contributed by atoms with Gasteiger partial charge in [0.05, 0.1) is 6.61 Å². The summed E-state index contributed by atoms with van der Waals surface area (Å²) in [5.41, 5.74) is 0. The summed E-state index contributed by atoms with van der Waals surface area (Å²) in [6.07, 6.45) is 3.75. The Kier molecular flexibility index (Phi) is 8.36. The van der Waals surface area contributed by atoms with Crippen LogP contribution in [0.15, 0.2) is 24.3 Å². The highest BCUT2D eigenvalue weighted by Crippen LogP contribution is 2.18. The zero-order valence-electron chi connectivity index (χ0n) is 11.8. The van der Waals surface area contributed by atoms with Gasteiger partial charge in [-0.15, -0.1) is 12.4 Å². The molecule has 0 saturated carbocycles. The first-order valence-corrected chi connectivity index (χ1v) is 8.10. The van der Waals surface area contributed by atoms with Crippen molar-refractivity contribution in [1.82, 2.24) is 4.90 Å². The van der Waals surface area contributed by atoms with Crippen LogP contribution in [0.3, 0.4) is 0 Å². The van der Waals surface area contributed by atoms with Gasteiger partial charge in [-0.25, -0.2) is 0 Å². The maximum absolute atomic E-state index is 11.2. The number of carboxylic acids is 1. The number of aliphatic carboxylic acids is 1. The molecule has 0 aliphatic carbocycles. The Bertz CT molecular complexity index is 458. The van der Waals surface area contributed by atoms with Gasteiger partial charge in [0.25, 0.3) is 0 Å². The van der Waals surface area contributed by atoms with Gasteiger partial charge in [0.15, 0.2) is 0 Å². The Balaban J connectivity index is 0.00000220. The van der Waals surface area contributed by atoms with Crippen molar-refractivity contribution in [2.75, 3.05) is 19.7 Å². The molecule has 0 bridgehead atoms. The van der Waals surface area contributed by atoms with Crippen molar-refractivity contribution in [3.05, 3.63) is 27.8 Å². The summed E-state index contributed by atoms with van der Waals surface area (Å²) in [6.45, 7) is 2.31. The zero-order valence-corrected chi connectivity index (χ0v) is 14.8. The molecule has 1 aliphatic rings. The maximum Gasteiger partial charge on any atom is 0.320 e. The van der Waals surface area contributed by atoms with Gasteiger partial charge in [0.1, 0.15) is 11.8 Å². The number of halogens is 2. The highest BCUT2D eigenvalue weighted by Gasteiger charge is 2.27. The van der Waals surface area contributed by atoms with Crippen LogP contribution < -0.4 is 4.74 Å². The number of hydrogen-bond donors (Lipinski definition) is 1. The van der Waals surface area contributed by atoms with Crippen LogP contribution in [-0.4, -0.2) is 41.7 Å². The lowest BCUT2D eigenvalue weighted by Gasteiger charge is -2.32. The number of benzene rings is 1. The molecule has 0 amide bonds. The quantitative estimate of drug-likeness (QED) is 0.560. The summed E-state index contributed by atoms with van der Waals surface area (Å²) >= 11 is 2.26. The highest BCUT2D eigenvalue weighted by atomic mass is 127. The van der Waals surface area contributed by atoms with E-state index in [1.54, 1.807) is 0 Å². The van der Waals surface area contributed by atoms with Gasteiger partial charge in [0.2, 0.25) is 0 Å². The first kappa shape index (κ1) is 18.5. The van der Waals surface area contributed by atoms with E-state index < -0.39 is 5.97 Å². The predicted molar refractivity (Wildman–Crippen MR) is 93.4 cm³/mol. The van der Waals surface area contributed by atoms with Crippen LogP contribution in [0.5, 0.6) is 5.75 Å². The topological polar surface area (TPSA) is 49.8 Å². The molecule has 118 valence electrons. The van der Waals surface area contributed by atoms with Gasteiger partial charge in [-0.1, -0.05) is 12.5 Å². The molecule has 1 heterocycles. The summed E-state index contributed by atoms with van der Waals surface area (Å²) in [6, 6.07) is 7.65. The summed E-state index contributed by atoms with van der Waals surface area (Å²) in [5, 5.41) is 9.20. The van der Waals surface area contributed by atoms with Crippen molar-refractivity contribution in [2.45, 2.75) is 31.7 Å². The lowest BCUT2D eigenvalue weighted by molar-refractivity contribution is -0.144. The van der Waals surface area contributed by atoms with Crippen LogP contribution >= 0.6 is 35.0 Å². The Morgan fingerprint density at radius 2 is 2.24 bits per heavy atom. The second kappa shape index (κ2) is 9.48. The van der Waals surface area contributed by atoms with Crippen molar-refractivity contribution in [1.29, 1.82) is 0 Å². The van der Waals surface area contributed by atoms with E-state index in [1.165, 1.54) is 0 Å². The summed E-state index contributed by atoms with van der Waals surface area (Å²) < 4.78 is 6.85. The van der Waals surface area contributed by atoms with Gasteiger partial charge in [-0.2, -0.15) is 0 Å². The molecule has 1 saturated heterocycles. The second-order valence-electron chi connectivity index (χ2n) is 5.05. The van der Waals surface area contributed by atoms with Crippen molar-refractivity contribution in [3.8, 4) is 5.75 Å². The highest BCUT2D eigenvalue weighted by molar-refractivity contribution is 14.1. The molecule has 1 fully saturated rings. The van der Waals surface area contributed by atoms with Crippen LogP contribution in [-0.2, 0) is 4.79 Å². The van der Waals surface area contributed by atoms with E-state index in [4.69, 9.17) is 4.74 Å². The van der Waals surface area contributed by atoms with Crippen LogP contribution in [0.25, 0.3) is 0 Å². The third kappa shape index (κ3) is 6.00. The molecule has 1 atom stereocenters. The summed E-state index contributed by atoms with van der Waals surface area (Å²) in [7, 11) is 0. The summed E-state index contributed by atoms with van der Waals surface area (Å²) in [5.74, 6) is 0.188. The number of carbonyl (C=O) groups is 1. The fraction of sp³-hybridized carbons (Fsp3) is 0.533. The molecule has 2 rings (SSSR count). The first-order valence-electron chi connectivity index (χ1n) is 7.02. The molecule has 1 unspecified atom stereocenters. The van der Waals surface area contributed by atoms with Gasteiger partial charge < -0.3 is 9.84 Å². The van der Waals surface area contributed by atoms with E-state index in [0.29, 0.717) is 6.61 Å². The predicted octanol–water partition coefficient (Wildman–Crippen LogP) is 3.42. The number of rotatable bonds is 6. The van der Waals surface area contributed by atoms with Crippen molar-refractivity contribution in [2.24, 2.45) is 0 Å². The monoisotopic (exact) mass is 425 g/mol. The van der Waals surface area contributed by atoms with E-state index >= 15 is 0 Å². The van der Waals surface area contributed by atoms with Crippen LogP contribution in [0, 0.1) is 3.57 Å². The van der Waals surface area contributed by atoms with Crippen molar-refractivity contribution in [3.63, 3.8) is 0 Å². The molecule has 21 heavy (non-hydrogen) atoms. The third-order valence-electron chi connectivity index (χ3n) is 3.55. The number of ether oxygens (including phenoxy) is 1. The standard InChI is InChI=1S/C15H20INO3.ClH/c16-12-5-3-6-13(11-12)20-10-4-9-17-8-2-1-7-14(17)15(18)19;/h3,5-6,11,14H,1-2,4,7-10H2,(H,18,19);1H. The molecular formula is C15H21ClINO3. The first-order chi connectivity index (χ1) is 9.66. The molecule has 0 aromatic heterocycles. The molecule has 6 heteroatoms. The molecule has 1 aromatic rings. The fourth-order valence-electron chi connectivity index (χ4n) is 2.55. The smallest absolute Gasteiger partial charge is 0.320 e. The Labute approximate surface area is 145 Å². The van der Waals surface area contributed by atoms with E-state index in [-0.39, 0.29) is 18.4 Å². The molecule has 0 radical (unpaired) electrons. The van der Waals surface area contributed by atoms with E-state index in [1.807, 2.05) is 24.3 Å². The minimum absolute atomic E-state index is 0. The largest absolute Gasteiger partial charge is 0.494 e. The van der Waals surface area contributed by atoms with E-state index in [2.05, 4.69) is 27.5 Å². The number of likely N-dealkylation sites (tertiary alicyclic amines) is 1. The second-order valence-corrected chi connectivity index (χ2v) is 6.29. The fourth-order valence-corrected chi connectivity index (χ4v) is 3.07. The minimum atomic E-state index is -0.691. The molecule has 0 spiro atoms. The molecular weight excluding hydrogens is 405 g/mol. The average molecular weight is 426 g/mol. The maximum atomic E-state index is 11.2. The van der Waals surface area contributed by atoms with Crippen LogP contribution in [0.1, 0.15) is 25.7 Å². The van der Waals surface area contributed by atoms with E-state index in [0.717, 1.165) is 48.1 Å². The molecule has 1 N–H and O–H groups in total. The lowest BCUT2D eigenvalue weighted by atomic mass is 10.0. The zero-order chi connectivity index (χ0) is 14.4. The Morgan fingerprint density at radius 1 is 1.43 bits per heavy atom. The van der Waals surface area contributed by atoms with E-state index in [9.17, 15) is 9.90 Å².